The van der Waals surface area contributed by atoms with Crippen molar-refractivity contribution in [3.63, 3.8) is 0 Å². The Morgan fingerprint density at radius 2 is 2.43 bits per heavy atom. The second-order valence-corrected chi connectivity index (χ2v) is 2.70. The first-order chi connectivity index (χ1) is 6.77. The summed E-state index contributed by atoms with van der Waals surface area (Å²) in [4.78, 5) is 11.2. The zero-order valence-corrected chi connectivity index (χ0v) is 7.78. The van der Waals surface area contributed by atoms with Crippen LogP contribution in [0.5, 0.6) is 0 Å². The van der Waals surface area contributed by atoms with Crippen molar-refractivity contribution in [1.82, 2.24) is 5.32 Å². The van der Waals surface area contributed by atoms with Crippen molar-refractivity contribution in [2.45, 2.75) is 6.61 Å². The van der Waals surface area contributed by atoms with Crippen molar-refractivity contribution in [2.75, 3.05) is 7.11 Å². The van der Waals surface area contributed by atoms with Crippen molar-refractivity contribution >= 4 is 5.91 Å². The molecular formula is C10H10N2O2. The van der Waals surface area contributed by atoms with Gasteiger partial charge in [0.1, 0.15) is 0 Å². The van der Waals surface area contributed by atoms with E-state index in [-0.39, 0.29) is 0 Å². The Balaban J connectivity index is 2.83. The molecule has 4 heteroatoms. The largest absolute Gasteiger partial charge is 0.380 e. The Kier molecular flexibility index (Phi) is 3.65. The van der Waals surface area contributed by atoms with Gasteiger partial charge in [-0.25, -0.2) is 0 Å². The molecule has 72 valence electrons. The van der Waals surface area contributed by atoms with Gasteiger partial charge in [-0.15, -0.1) is 0 Å². The molecule has 1 rings (SSSR count). The van der Waals surface area contributed by atoms with Crippen molar-refractivity contribution in [1.29, 1.82) is 5.26 Å². The second kappa shape index (κ2) is 5.00. The maximum atomic E-state index is 11.2. The number of hydrogen-bond acceptors (Lipinski definition) is 3. The third kappa shape index (κ3) is 2.57. The number of hydrogen-bond donors (Lipinski definition) is 1. The van der Waals surface area contributed by atoms with Gasteiger partial charge in [0.2, 0.25) is 0 Å². The van der Waals surface area contributed by atoms with Crippen LogP contribution < -0.4 is 5.32 Å². The first-order valence-corrected chi connectivity index (χ1v) is 4.05. The fourth-order valence-electron chi connectivity index (χ4n) is 1.09. The van der Waals surface area contributed by atoms with Crippen molar-refractivity contribution in [2.24, 2.45) is 0 Å². The van der Waals surface area contributed by atoms with Gasteiger partial charge < -0.3 is 4.74 Å². The summed E-state index contributed by atoms with van der Waals surface area (Å²) in [7, 11) is 1.59. The molecular weight excluding hydrogens is 180 g/mol. The molecule has 1 amide bonds. The van der Waals surface area contributed by atoms with Crippen LogP contribution in [0.4, 0.5) is 0 Å². The first-order valence-electron chi connectivity index (χ1n) is 4.05. The summed E-state index contributed by atoms with van der Waals surface area (Å²) < 4.78 is 4.93. The minimum absolute atomic E-state index is 0.398. The predicted molar refractivity (Wildman–Crippen MR) is 50.2 cm³/mol. The number of ether oxygens (including phenoxy) is 1. The summed E-state index contributed by atoms with van der Waals surface area (Å²) in [6.45, 7) is 0.452. The zero-order valence-electron chi connectivity index (χ0n) is 7.78. The molecule has 1 N–H and O–H groups in total. The van der Waals surface area contributed by atoms with Gasteiger partial charge in [0, 0.05) is 12.7 Å². The van der Waals surface area contributed by atoms with Crippen LogP contribution in [0.25, 0.3) is 0 Å². The van der Waals surface area contributed by atoms with E-state index in [1.807, 2.05) is 6.07 Å². The molecule has 0 fully saturated rings. The standard InChI is InChI=1S/C10H10N2O2/c1-14-6-8-3-2-4-9(5-8)10(13)12-7-11/h2-5H,6H2,1H3,(H,12,13). The topological polar surface area (TPSA) is 62.1 Å². The van der Waals surface area contributed by atoms with E-state index >= 15 is 0 Å². The van der Waals surface area contributed by atoms with Crippen molar-refractivity contribution < 1.29 is 9.53 Å². The van der Waals surface area contributed by atoms with Crippen LogP contribution in [0, 0.1) is 11.5 Å². The fraction of sp³-hybridized carbons (Fsp3) is 0.200. The first kappa shape index (κ1) is 10.2. The molecule has 0 saturated heterocycles. The molecule has 0 aliphatic carbocycles. The van der Waals surface area contributed by atoms with Crippen LogP contribution in [0.15, 0.2) is 24.3 Å². The molecule has 0 aromatic heterocycles. The van der Waals surface area contributed by atoms with E-state index in [0.29, 0.717) is 12.2 Å². The third-order valence-electron chi connectivity index (χ3n) is 1.67. The van der Waals surface area contributed by atoms with Gasteiger partial charge >= 0.3 is 0 Å². The zero-order chi connectivity index (χ0) is 10.4. The van der Waals surface area contributed by atoms with Gasteiger partial charge in [-0.3, -0.25) is 10.1 Å². The average molecular weight is 190 g/mol. The molecule has 0 unspecified atom stereocenters. The molecule has 0 aliphatic rings. The van der Waals surface area contributed by atoms with E-state index in [1.54, 1.807) is 31.5 Å². The van der Waals surface area contributed by atoms with Gasteiger partial charge in [-0.05, 0) is 17.7 Å². The number of methoxy groups -OCH3 is 1. The van der Waals surface area contributed by atoms with E-state index < -0.39 is 5.91 Å². The normalized spacial score (nSPS) is 9.14. The van der Waals surface area contributed by atoms with Gasteiger partial charge in [-0.1, -0.05) is 12.1 Å². The lowest BCUT2D eigenvalue weighted by Crippen LogP contribution is -2.17. The number of nitriles is 1. The smallest absolute Gasteiger partial charge is 0.264 e. The summed E-state index contributed by atoms with van der Waals surface area (Å²) >= 11 is 0. The molecule has 4 nitrogen and oxygen atoms in total. The maximum Gasteiger partial charge on any atom is 0.264 e. The molecule has 0 atom stereocenters. The Morgan fingerprint density at radius 1 is 1.64 bits per heavy atom. The molecule has 0 spiro atoms. The van der Waals surface area contributed by atoms with E-state index in [4.69, 9.17) is 10.00 Å². The van der Waals surface area contributed by atoms with E-state index in [0.717, 1.165) is 5.56 Å². The average Bonchev–Trinajstić information content (AvgIpc) is 2.19. The lowest BCUT2D eigenvalue weighted by Gasteiger charge is -2.01. The Labute approximate surface area is 82.1 Å². The van der Waals surface area contributed by atoms with E-state index in [1.165, 1.54) is 0 Å². The number of rotatable bonds is 3. The molecule has 0 bridgehead atoms. The summed E-state index contributed by atoms with van der Waals surface area (Å²) in [5.41, 5.74) is 1.36. The van der Waals surface area contributed by atoms with Crippen LogP contribution in [0.2, 0.25) is 0 Å². The Bertz CT molecular complexity index is 369. The summed E-state index contributed by atoms with van der Waals surface area (Å²) in [5.74, 6) is -0.398. The SMILES string of the molecule is COCc1cccc(C(=O)NC#N)c1. The van der Waals surface area contributed by atoms with Gasteiger partial charge in [0.15, 0.2) is 6.19 Å². The highest BCUT2D eigenvalue weighted by molar-refractivity contribution is 5.95. The van der Waals surface area contributed by atoms with Crippen molar-refractivity contribution in [3.05, 3.63) is 35.4 Å². The minimum Gasteiger partial charge on any atom is -0.380 e. The van der Waals surface area contributed by atoms with Gasteiger partial charge in [-0.2, -0.15) is 5.26 Å². The lowest BCUT2D eigenvalue weighted by atomic mass is 10.1. The monoisotopic (exact) mass is 190 g/mol. The lowest BCUT2D eigenvalue weighted by molar-refractivity contribution is 0.0972. The fourth-order valence-corrected chi connectivity index (χ4v) is 1.09. The number of nitrogens with zero attached hydrogens (tertiary/aromatic N) is 1. The highest BCUT2D eigenvalue weighted by Crippen LogP contribution is 2.05. The van der Waals surface area contributed by atoms with Crippen LogP contribution in [-0.4, -0.2) is 13.0 Å². The van der Waals surface area contributed by atoms with E-state index in [9.17, 15) is 4.79 Å². The summed E-state index contributed by atoms with van der Waals surface area (Å²) in [6.07, 6.45) is 1.59. The quantitative estimate of drug-likeness (QED) is 0.572. The summed E-state index contributed by atoms with van der Waals surface area (Å²) in [5, 5.41) is 10.3. The van der Waals surface area contributed by atoms with Crippen LogP contribution in [0.1, 0.15) is 15.9 Å². The number of benzene rings is 1. The molecule has 0 aliphatic heterocycles. The minimum atomic E-state index is -0.398. The van der Waals surface area contributed by atoms with Crippen LogP contribution >= 0.6 is 0 Å². The number of carbonyl (C=O) groups is 1. The van der Waals surface area contributed by atoms with Crippen LogP contribution in [-0.2, 0) is 11.3 Å². The highest BCUT2D eigenvalue weighted by Gasteiger charge is 2.04. The molecule has 1 aromatic carbocycles. The Hall–Kier alpha value is -1.86. The second-order valence-electron chi connectivity index (χ2n) is 2.70. The number of amides is 1. The van der Waals surface area contributed by atoms with Crippen LogP contribution in [0.3, 0.4) is 0 Å². The molecule has 0 saturated carbocycles. The van der Waals surface area contributed by atoms with E-state index in [2.05, 4.69) is 5.32 Å². The summed E-state index contributed by atoms with van der Waals surface area (Å²) in [6, 6.07) is 6.94. The highest BCUT2D eigenvalue weighted by atomic mass is 16.5. The van der Waals surface area contributed by atoms with Gasteiger partial charge in [0.05, 0.1) is 6.61 Å². The van der Waals surface area contributed by atoms with Gasteiger partial charge in [0.25, 0.3) is 5.91 Å². The number of nitrogens with one attached hydrogen (secondary N) is 1. The van der Waals surface area contributed by atoms with Crippen molar-refractivity contribution in [3.8, 4) is 6.19 Å². The Morgan fingerprint density at radius 3 is 3.07 bits per heavy atom. The molecule has 0 heterocycles. The number of carbonyl (C=O) groups excluding carboxylic acids is 1. The molecule has 14 heavy (non-hydrogen) atoms. The maximum absolute atomic E-state index is 11.2. The predicted octanol–water partition coefficient (Wildman–Crippen LogP) is 1.04. The third-order valence-corrected chi connectivity index (χ3v) is 1.67. The molecule has 0 radical (unpaired) electrons. The molecule has 1 aromatic rings.